The maximum atomic E-state index is 12.8. The largest absolute Gasteiger partial charge is 0.335 e. The van der Waals surface area contributed by atoms with Crippen LogP contribution >= 0.6 is 0 Å². The van der Waals surface area contributed by atoms with Crippen molar-refractivity contribution >= 4 is 15.7 Å². The third-order valence-electron chi connectivity index (χ3n) is 4.89. The van der Waals surface area contributed by atoms with Gasteiger partial charge in [0.15, 0.2) is 9.84 Å². The maximum Gasteiger partial charge on any atom is 0.254 e. The van der Waals surface area contributed by atoms with Crippen molar-refractivity contribution < 1.29 is 13.2 Å². The first-order valence-corrected chi connectivity index (χ1v) is 10.7. The summed E-state index contributed by atoms with van der Waals surface area (Å²) < 4.78 is 25.4. The van der Waals surface area contributed by atoms with Crippen LogP contribution in [0.3, 0.4) is 0 Å². The molecular formula is C19H25N3O3S. The van der Waals surface area contributed by atoms with Crippen LogP contribution in [-0.4, -0.2) is 53.1 Å². The van der Waals surface area contributed by atoms with Gasteiger partial charge in [-0.1, -0.05) is 12.1 Å². The molecule has 2 heterocycles. The van der Waals surface area contributed by atoms with Crippen LogP contribution in [0.4, 0.5) is 0 Å². The van der Waals surface area contributed by atoms with Crippen LogP contribution in [-0.2, 0) is 16.4 Å². The van der Waals surface area contributed by atoms with E-state index in [-0.39, 0.29) is 23.5 Å². The zero-order valence-electron chi connectivity index (χ0n) is 15.5. The van der Waals surface area contributed by atoms with Crippen LogP contribution in [0.1, 0.15) is 40.7 Å². The quantitative estimate of drug-likeness (QED) is 0.803. The van der Waals surface area contributed by atoms with Gasteiger partial charge in [0.05, 0.1) is 23.7 Å². The topological polar surface area (TPSA) is 72.3 Å². The first-order chi connectivity index (χ1) is 12.3. The summed E-state index contributed by atoms with van der Waals surface area (Å²) in [5.74, 6) is 0.137. The van der Waals surface area contributed by atoms with Crippen molar-refractivity contribution in [3.05, 3.63) is 52.8 Å². The SMILES string of the molecule is CCN(C(=O)c1ccc(Cn2nc(C)cc2C)cc1)[C@@H]1CCS(=O)(=O)C1. The second-order valence-corrected chi connectivity index (χ2v) is 9.16. The summed E-state index contributed by atoms with van der Waals surface area (Å²) in [6.45, 7) is 7.04. The van der Waals surface area contributed by atoms with Crippen molar-refractivity contribution in [2.24, 2.45) is 0 Å². The molecule has 26 heavy (non-hydrogen) atoms. The monoisotopic (exact) mass is 375 g/mol. The molecule has 6 nitrogen and oxygen atoms in total. The Labute approximate surface area is 154 Å². The molecule has 0 aliphatic carbocycles. The average molecular weight is 375 g/mol. The molecule has 140 valence electrons. The molecular weight excluding hydrogens is 350 g/mol. The van der Waals surface area contributed by atoms with Crippen LogP contribution < -0.4 is 0 Å². The Hall–Kier alpha value is -2.15. The van der Waals surface area contributed by atoms with Gasteiger partial charge in [-0.15, -0.1) is 0 Å². The van der Waals surface area contributed by atoms with Gasteiger partial charge < -0.3 is 4.90 Å². The molecule has 7 heteroatoms. The van der Waals surface area contributed by atoms with Crippen molar-refractivity contribution in [1.82, 2.24) is 14.7 Å². The Morgan fingerprint density at radius 3 is 2.46 bits per heavy atom. The number of hydrogen-bond acceptors (Lipinski definition) is 4. The molecule has 1 saturated heterocycles. The fourth-order valence-corrected chi connectivity index (χ4v) is 5.25. The highest BCUT2D eigenvalue weighted by atomic mass is 32.2. The number of carbonyl (C=O) groups excluding carboxylic acids is 1. The highest BCUT2D eigenvalue weighted by Gasteiger charge is 2.34. The molecule has 0 unspecified atom stereocenters. The zero-order valence-corrected chi connectivity index (χ0v) is 16.3. The van der Waals surface area contributed by atoms with E-state index in [9.17, 15) is 13.2 Å². The lowest BCUT2D eigenvalue weighted by atomic mass is 10.1. The second kappa shape index (κ2) is 7.23. The highest BCUT2D eigenvalue weighted by Crippen LogP contribution is 2.20. The summed E-state index contributed by atoms with van der Waals surface area (Å²) in [5.41, 5.74) is 3.74. The Bertz CT molecular complexity index is 901. The molecule has 1 aromatic heterocycles. The van der Waals surface area contributed by atoms with Crippen molar-refractivity contribution in [3.8, 4) is 0 Å². The predicted molar refractivity (Wildman–Crippen MR) is 101 cm³/mol. The first kappa shape index (κ1) is 18.6. The van der Waals surface area contributed by atoms with Gasteiger partial charge in [0, 0.05) is 23.8 Å². The van der Waals surface area contributed by atoms with E-state index in [2.05, 4.69) is 5.10 Å². The van der Waals surface area contributed by atoms with E-state index in [0.29, 0.717) is 25.1 Å². The minimum absolute atomic E-state index is 0.0720. The number of amides is 1. The number of benzene rings is 1. The van der Waals surface area contributed by atoms with E-state index in [0.717, 1.165) is 17.0 Å². The normalized spacial score (nSPS) is 18.8. The first-order valence-electron chi connectivity index (χ1n) is 8.90. The third-order valence-corrected chi connectivity index (χ3v) is 6.64. The zero-order chi connectivity index (χ0) is 18.9. The number of aryl methyl sites for hydroxylation is 2. The third kappa shape index (κ3) is 3.98. The van der Waals surface area contributed by atoms with Gasteiger partial charge in [0.2, 0.25) is 0 Å². The van der Waals surface area contributed by atoms with E-state index >= 15 is 0 Å². The molecule has 1 atom stereocenters. The molecule has 1 aliphatic rings. The van der Waals surface area contributed by atoms with Gasteiger partial charge in [-0.25, -0.2) is 8.42 Å². The van der Waals surface area contributed by atoms with Crippen LogP contribution in [0, 0.1) is 13.8 Å². The summed E-state index contributed by atoms with van der Waals surface area (Å²) in [6.07, 6.45) is 0.526. The van der Waals surface area contributed by atoms with Crippen molar-refractivity contribution in [2.75, 3.05) is 18.1 Å². The highest BCUT2D eigenvalue weighted by molar-refractivity contribution is 7.91. The van der Waals surface area contributed by atoms with E-state index in [1.165, 1.54) is 0 Å². The molecule has 1 fully saturated rings. The maximum absolute atomic E-state index is 12.8. The molecule has 1 aromatic carbocycles. The summed E-state index contributed by atoms with van der Waals surface area (Å²) in [7, 11) is -3.01. The van der Waals surface area contributed by atoms with Crippen molar-refractivity contribution in [1.29, 1.82) is 0 Å². The van der Waals surface area contributed by atoms with Crippen molar-refractivity contribution in [3.63, 3.8) is 0 Å². The summed E-state index contributed by atoms with van der Waals surface area (Å²) in [4.78, 5) is 14.5. The second-order valence-electron chi connectivity index (χ2n) is 6.93. The molecule has 0 spiro atoms. The standard InChI is InChI=1S/C19H25N3O3S/c1-4-21(18-9-10-26(24,25)13-18)19(23)17-7-5-16(6-8-17)12-22-15(3)11-14(2)20-22/h5-8,11,18H,4,9-10,12-13H2,1-3H3/t18-/m1/s1. The Morgan fingerprint density at radius 1 is 1.27 bits per heavy atom. The predicted octanol–water partition coefficient (Wildman–Crippen LogP) is 2.20. The Balaban J connectivity index is 1.72. The molecule has 1 aliphatic heterocycles. The van der Waals surface area contributed by atoms with E-state index in [4.69, 9.17) is 0 Å². The average Bonchev–Trinajstić information content (AvgIpc) is 3.10. The Morgan fingerprint density at radius 2 is 1.96 bits per heavy atom. The minimum atomic E-state index is -3.01. The molecule has 2 aromatic rings. The summed E-state index contributed by atoms with van der Waals surface area (Å²) in [6, 6.07) is 9.32. The fourth-order valence-electron chi connectivity index (χ4n) is 3.52. The Kier molecular flexibility index (Phi) is 5.18. The number of sulfone groups is 1. The number of aromatic nitrogens is 2. The summed E-state index contributed by atoms with van der Waals surface area (Å²) >= 11 is 0. The molecule has 0 N–H and O–H groups in total. The fraction of sp³-hybridized carbons (Fsp3) is 0.474. The lowest BCUT2D eigenvalue weighted by Gasteiger charge is -2.27. The molecule has 3 rings (SSSR count). The van der Waals surface area contributed by atoms with Gasteiger partial charge in [0.1, 0.15) is 0 Å². The molecule has 0 saturated carbocycles. The van der Waals surface area contributed by atoms with Crippen LogP contribution in [0.25, 0.3) is 0 Å². The van der Waals surface area contributed by atoms with Crippen LogP contribution in [0.5, 0.6) is 0 Å². The van der Waals surface area contributed by atoms with Crippen LogP contribution in [0.15, 0.2) is 30.3 Å². The van der Waals surface area contributed by atoms with Crippen molar-refractivity contribution in [2.45, 2.75) is 39.8 Å². The van der Waals surface area contributed by atoms with E-state index in [1.807, 2.05) is 55.8 Å². The van der Waals surface area contributed by atoms with Gasteiger partial charge >= 0.3 is 0 Å². The van der Waals surface area contributed by atoms with Gasteiger partial charge in [-0.2, -0.15) is 5.10 Å². The smallest absolute Gasteiger partial charge is 0.254 e. The molecule has 1 amide bonds. The molecule has 0 radical (unpaired) electrons. The number of hydrogen-bond donors (Lipinski definition) is 0. The number of rotatable bonds is 5. The molecule has 0 bridgehead atoms. The minimum Gasteiger partial charge on any atom is -0.335 e. The van der Waals surface area contributed by atoms with Crippen LogP contribution in [0.2, 0.25) is 0 Å². The lowest BCUT2D eigenvalue weighted by molar-refractivity contribution is 0.0708. The number of carbonyl (C=O) groups is 1. The van der Waals surface area contributed by atoms with Gasteiger partial charge in [-0.05, 0) is 51.0 Å². The van der Waals surface area contributed by atoms with E-state index in [1.54, 1.807) is 4.90 Å². The van der Waals surface area contributed by atoms with Gasteiger partial charge in [-0.3, -0.25) is 9.48 Å². The summed E-state index contributed by atoms with van der Waals surface area (Å²) in [5, 5.41) is 4.46. The van der Waals surface area contributed by atoms with E-state index < -0.39 is 9.84 Å². The lowest BCUT2D eigenvalue weighted by Crippen LogP contribution is -2.40. The van der Waals surface area contributed by atoms with Gasteiger partial charge in [0.25, 0.3) is 5.91 Å². The number of nitrogens with zero attached hydrogens (tertiary/aromatic N) is 3.